The minimum absolute atomic E-state index is 0.173. The van der Waals surface area contributed by atoms with Crippen molar-refractivity contribution >= 4 is 5.91 Å². The molecule has 1 amide bonds. The topological polar surface area (TPSA) is 67.3 Å². The lowest BCUT2D eigenvalue weighted by molar-refractivity contribution is 0.0318. The predicted molar refractivity (Wildman–Crippen MR) is 70.8 cm³/mol. The molecule has 1 saturated heterocycles. The largest absolute Gasteiger partial charge is 0.380 e. The maximum Gasteiger partial charge on any atom is 0.271 e. The molecule has 2 rings (SSSR count). The molecule has 0 bridgehead atoms. The van der Waals surface area contributed by atoms with Crippen LogP contribution in [0.15, 0.2) is 18.6 Å². The van der Waals surface area contributed by atoms with Gasteiger partial charge >= 0.3 is 0 Å². The molecule has 1 aliphatic rings. The van der Waals surface area contributed by atoms with E-state index in [0.717, 1.165) is 32.5 Å². The zero-order valence-electron chi connectivity index (χ0n) is 11.2. The first kappa shape index (κ1) is 13.9. The molecule has 1 N–H and O–H groups in total. The fourth-order valence-corrected chi connectivity index (χ4v) is 2.24. The van der Waals surface area contributed by atoms with E-state index in [1.165, 1.54) is 12.4 Å². The normalized spacial score (nSPS) is 20.2. The molecule has 0 saturated carbocycles. The molecule has 2 heterocycles. The molecule has 0 aromatic carbocycles. The summed E-state index contributed by atoms with van der Waals surface area (Å²) in [5, 5.41) is 2.86. The number of hydrogen-bond acceptors (Lipinski definition) is 5. The first-order valence-electron chi connectivity index (χ1n) is 6.59. The summed E-state index contributed by atoms with van der Waals surface area (Å²) in [6, 6.07) is 0. The van der Waals surface area contributed by atoms with E-state index in [4.69, 9.17) is 4.74 Å². The van der Waals surface area contributed by atoms with E-state index in [-0.39, 0.29) is 5.91 Å². The minimum atomic E-state index is -0.173. The molecule has 0 aliphatic carbocycles. The number of ether oxygens (including phenoxy) is 1. The first-order chi connectivity index (χ1) is 9.29. The number of nitrogens with one attached hydrogen (secondary N) is 1. The summed E-state index contributed by atoms with van der Waals surface area (Å²) in [5.74, 6) is -0.173. The number of carbonyl (C=O) groups excluding carboxylic acids is 1. The van der Waals surface area contributed by atoms with Gasteiger partial charge in [-0.2, -0.15) is 0 Å². The van der Waals surface area contributed by atoms with Crippen LogP contribution in [-0.4, -0.2) is 60.2 Å². The van der Waals surface area contributed by atoms with Crippen molar-refractivity contribution in [1.29, 1.82) is 0 Å². The van der Waals surface area contributed by atoms with Crippen LogP contribution in [0.4, 0.5) is 0 Å². The predicted octanol–water partition coefficient (Wildman–Crippen LogP) is 0.317. The Kier molecular flexibility index (Phi) is 5.23. The van der Waals surface area contributed by atoms with Gasteiger partial charge in [-0.05, 0) is 19.4 Å². The van der Waals surface area contributed by atoms with Crippen LogP contribution in [-0.2, 0) is 4.74 Å². The van der Waals surface area contributed by atoms with Gasteiger partial charge in [-0.1, -0.05) is 0 Å². The minimum Gasteiger partial charge on any atom is -0.380 e. The standard InChI is InChI=1S/C13H20N4O2/c1-19-11-3-2-7-17(10-11)8-6-16-13(18)12-9-14-4-5-15-12/h4-5,9,11H,2-3,6-8,10H2,1H3,(H,16,18). The van der Waals surface area contributed by atoms with Crippen molar-refractivity contribution in [2.45, 2.75) is 18.9 Å². The third-order valence-corrected chi connectivity index (χ3v) is 3.31. The van der Waals surface area contributed by atoms with Crippen molar-refractivity contribution in [2.24, 2.45) is 0 Å². The molecular weight excluding hydrogens is 244 g/mol. The van der Waals surface area contributed by atoms with Crippen LogP contribution in [0.5, 0.6) is 0 Å². The Bertz CT molecular complexity index is 399. The van der Waals surface area contributed by atoms with Gasteiger partial charge in [-0.15, -0.1) is 0 Å². The highest BCUT2D eigenvalue weighted by atomic mass is 16.5. The van der Waals surface area contributed by atoms with Crippen molar-refractivity contribution in [3.8, 4) is 0 Å². The van der Waals surface area contributed by atoms with Crippen molar-refractivity contribution in [3.05, 3.63) is 24.3 Å². The molecule has 6 heteroatoms. The fraction of sp³-hybridized carbons (Fsp3) is 0.615. The van der Waals surface area contributed by atoms with Gasteiger partial charge in [-0.3, -0.25) is 14.7 Å². The van der Waals surface area contributed by atoms with Crippen LogP contribution in [0.3, 0.4) is 0 Å². The van der Waals surface area contributed by atoms with Gasteiger partial charge in [0.1, 0.15) is 5.69 Å². The second-order valence-corrected chi connectivity index (χ2v) is 4.65. The molecule has 1 aromatic rings. The van der Waals surface area contributed by atoms with Crippen LogP contribution in [0.2, 0.25) is 0 Å². The zero-order chi connectivity index (χ0) is 13.5. The van der Waals surface area contributed by atoms with Gasteiger partial charge in [0.15, 0.2) is 0 Å². The van der Waals surface area contributed by atoms with Gasteiger partial charge < -0.3 is 10.1 Å². The SMILES string of the molecule is COC1CCCN(CCNC(=O)c2cnccn2)C1. The summed E-state index contributed by atoms with van der Waals surface area (Å²) >= 11 is 0. The lowest BCUT2D eigenvalue weighted by atomic mass is 10.1. The summed E-state index contributed by atoms with van der Waals surface area (Å²) in [7, 11) is 1.75. The van der Waals surface area contributed by atoms with Gasteiger partial charge in [0, 0.05) is 39.1 Å². The van der Waals surface area contributed by atoms with Crippen LogP contribution in [0.1, 0.15) is 23.3 Å². The third-order valence-electron chi connectivity index (χ3n) is 3.31. The Balaban J connectivity index is 1.70. The third kappa shape index (κ3) is 4.25. The molecule has 1 aliphatic heterocycles. The van der Waals surface area contributed by atoms with Crippen molar-refractivity contribution in [1.82, 2.24) is 20.2 Å². The second-order valence-electron chi connectivity index (χ2n) is 4.65. The molecule has 0 radical (unpaired) electrons. The van der Waals surface area contributed by atoms with E-state index in [2.05, 4.69) is 20.2 Å². The fourth-order valence-electron chi connectivity index (χ4n) is 2.24. The van der Waals surface area contributed by atoms with Crippen molar-refractivity contribution in [3.63, 3.8) is 0 Å². The Hall–Kier alpha value is -1.53. The summed E-state index contributed by atoms with van der Waals surface area (Å²) in [5.41, 5.74) is 0.357. The number of rotatable bonds is 5. The zero-order valence-corrected chi connectivity index (χ0v) is 11.2. The number of amides is 1. The summed E-state index contributed by atoms with van der Waals surface area (Å²) in [6.45, 7) is 3.47. The Morgan fingerprint density at radius 2 is 2.47 bits per heavy atom. The van der Waals surface area contributed by atoms with Crippen molar-refractivity contribution in [2.75, 3.05) is 33.3 Å². The molecule has 1 unspecified atom stereocenters. The lowest BCUT2D eigenvalue weighted by Crippen LogP contribution is -2.43. The van der Waals surface area contributed by atoms with E-state index in [1.807, 2.05) is 0 Å². The van der Waals surface area contributed by atoms with E-state index in [1.54, 1.807) is 13.3 Å². The molecular formula is C13H20N4O2. The van der Waals surface area contributed by atoms with Gasteiger partial charge in [0.25, 0.3) is 5.91 Å². The second kappa shape index (κ2) is 7.16. The quantitative estimate of drug-likeness (QED) is 0.829. The molecule has 1 fully saturated rings. The monoisotopic (exact) mass is 264 g/mol. The highest BCUT2D eigenvalue weighted by Crippen LogP contribution is 2.11. The molecule has 19 heavy (non-hydrogen) atoms. The average molecular weight is 264 g/mol. The maximum atomic E-state index is 11.8. The smallest absolute Gasteiger partial charge is 0.271 e. The highest BCUT2D eigenvalue weighted by Gasteiger charge is 2.19. The van der Waals surface area contributed by atoms with Gasteiger partial charge in [0.2, 0.25) is 0 Å². The lowest BCUT2D eigenvalue weighted by Gasteiger charge is -2.31. The molecule has 0 spiro atoms. The van der Waals surface area contributed by atoms with Crippen LogP contribution in [0.25, 0.3) is 0 Å². The van der Waals surface area contributed by atoms with E-state index < -0.39 is 0 Å². The van der Waals surface area contributed by atoms with Crippen molar-refractivity contribution < 1.29 is 9.53 Å². The van der Waals surface area contributed by atoms with Crippen LogP contribution < -0.4 is 5.32 Å². The number of likely N-dealkylation sites (tertiary alicyclic amines) is 1. The first-order valence-corrected chi connectivity index (χ1v) is 6.59. The van der Waals surface area contributed by atoms with E-state index in [0.29, 0.717) is 18.3 Å². The molecule has 1 atom stereocenters. The maximum absolute atomic E-state index is 11.8. The average Bonchev–Trinajstić information content (AvgIpc) is 2.48. The van der Waals surface area contributed by atoms with E-state index in [9.17, 15) is 4.79 Å². The van der Waals surface area contributed by atoms with Crippen LogP contribution in [0, 0.1) is 0 Å². The number of carbonyl (C=O) groups is 1. The Morgan fingerprint density at radius 3 is 3.21 bits per heavy atom. The number of nitrogens with zero attached hydrogens (tertiary/aromatic N) is 3. The summed E-state index contributed by atoms with van der Waals surface area (Å²) in [4.78, 5) is 21.9. The number of piperidine rings is 1. The molecule has 1 aromatic heterocycles. The summed E-state index contributed by atoms with van der Waals surface area (Å²) in [6.07, 6.45) is 7.13. The Labute approximate surface area is 113 Å². The Morgan fingerprint density at radius 1 is 1.58 bits per heavy atom. The number of aromatic nitrogens is 2. The van der Waals surface area contributed by atoms with Gasteiger partial charge in [0.05, 0.1) is 12.3 Å². The number of hydrogen-bond donors (Lipinski definition) is 1. The van der Waals surface area contributed by atoms with E-state index >= 15 is 0 Å². The molecule has 6 nitrogen and oxygen atoms in total. The molecule has 104 valence electrons. The highest BCUT2D eigenvalue weighted by molar-refractivity contribution is 5.91. The summed E-state index contributed by atoms with van der Waals surface area (Å²) < 4.78 is 5.37. The van der Waals surface area contributed by atoms with Crippen LogP contribution >= 0.6 is 0 Å². The van der Waals surface area contributed by atoms with Gasteiger partial charge in [-0.25, -0.2) is 4.98 Å². The number of methoxy groups -OCH3 is 1.